The molecule has 4 nitrogen and oxygen atoms in total. The van der Waals surface area contributed by atoms with E-state index in [0.717, 1.165) is 19.5 Å². The molecule has 0 aromatic heterocycles. The largest absolute Gasteiger partial charge is 0.505 e. The van der Waals surface area contributed by atoms with Gasteiger partial charge in [0.1, 0.15) is 0 Å². The molecule has 1 rings (SSSR count). The van der Waals surface area contributed by atoms with Gasteiger partial charge >= 0.3 is 6.09 Å². The zero-order valence-electron chi connectivity index (χ0n) is 8.73. The number of hydrogen-bond acceptors (Lipinski definition) is 3. The highest BCUT2D eigenvalue weighted by Gasteiger charge is 2.25. The van der Waals surface area contributed by atoms with Crippen LogP contribution in [0.2, 0.25) is 0 Å². The Morgan fingerprint density at radius 1 is 1.64 bits per heavy atom. The Hall–Kier alpha value is -1.19. The SMILES string of the molecule is CCOC(=O)N1CCC(C=COC)C1. The molecular formula is C10H17NO3. The van der Waals surface area contributed by atoms with Gasteiger partial charge in [-0.3, -0.25) is 0 Å². The zero-order chi connectivity index (χ0) is 10.4. The van der Waals surface area contributed by atoms with Crippen molar-refractivity contribution in [1.82, 2.24) is 4.90 Å². The molecule has 0 bridgehead atoms. The van der Waals surface area contributed by atoms with Crippen LogP contribution in [0.3, 0.4) is 0 Å². The second-order valence-electron chi connectivity index (χ2n) is 3.26. The third kappa shape index (κ3) is 2.94. The zero-order valence-corrected chi connectivity index (χ0v) is 8.73. The minimum atomic E-state index is -0.208. The highest BCUT2D eigenvalue weighted by molar-refractivity contribution is 5.67. The second-order valence-corrected chi connectivity index (χ2v) is 3.26. The first kappa shape index (κ1) is 10.9. The van der Waals surface area contributed by atoms with Gasteiger partial charge in [0.2, 0.25) is 0 Å². The molecule has 14 heavy (non-hydrogen) atoms. The molecule has 1 heterocycles. The fraction of sp³-hybridized carbons (Fsp3) is 0.700. The average molecular weight is 199 g/mol. The highest BCUT2D eigenvalue weighted by Crippen LogP contribution is 2.17. The second kappa shape index (κ2) is 5.52. The highest BCUT2D eigenvalue weighted by atomic mass is 16.6. The number of hydrogen-bond donors (Lipinski definition) is 0. The van der Waals surface area contributed by atoms with E-state index in [1.807, 2.05) is 13.0 Å². The van der Waals surface area contributed by atoms with Crippen LogP contribution in [-0.4, -0.2) is 37.8 Å². The maximum atomic E-state index is 11.3. The lowest BCUT2D eigenvalue weighted by Crippen LogP contribution is -2.29. The van der Waals surface area contributed by atoms with Crippen LogP contribution in [0.15, 0.2) is 12.3 Å². The number of methoxy groups -OCH3 is 1. The molecule has 1 saturated heterocycles. The van der Waals surface area contributed by atoms with Crippen LogP contribution >= 0.6 is 0 Å². The van der Waals surface area contributed by atoms with E-state index in [2.05, 4.69) is 0 Å². The van der Waals surface area contributed by atoms with Crippen LogP contribution in [0.5, 0.6) is 0 Å². The summed E-state index contributed by atoms with van der Waals surface area (Å²) in [4.78, 5) is 13.0. The van der Waals surface area contributed by atoms with E-state index in [0.29, 0.717) is 12.5 Å². The Kier molecular flexibility index (Phi) is 4.29. The van der Waals surface area contributed by atoms with Crippen molar-refractivity contribution in [3.05, 3.63) is 12.3 Å². The summed E-state index contributed by atoms with van der Waals surface area (Å²) in [6.07, 6.45) is 4.43. The maximum absolute atomic E-state index is 11.3. The van der Waals surface area contributed by atoms with Gasteiger partial charge in [-0.1, -0.05) is 0 Å². The molecule has 1 amide bonds. The van der Waals surface area contributed by atoms with Crippen molar-refractivity contribution in [3.63, 3.8) is 0 Å². The summed E-state index contributed by atoms with van der Waals surface area (Å²) < 4.78 is 9.74. The maximum Gasteiger partial charge on any atom is 0.409 e. The monoisotopic (exact) mass is 199 g/mol. The Balaban J connectivity index is 2.33. The first-order valence-corrected chi connectivity index (χ1v) is 4.89. The van der Waals surface area contributed by atoms with Crippen molar-refractivity contribution in [3.8, 4) is 0 Å². The first-order chi connectivity index (χ1) is 6.77. The lowest BCUT2D eigenvalue weighted by molar-refractivity contribution is 0.115. The van der Waals surface area contributed by atoms with Crippen molar-refractivity contribution in [2.24, 2.45) is 5.92 Å². The molecule has 1 unspecified atom stereocenters. The van der Waals surface area contributed by atoms with Crippen molar-refractivity contribution in [2.45, 2.75) is 13.3 Å². The first-order valence-electron chi connectivity index (χ1n) is 4.89. The van der Waals surface area contributed by atoms with Crippen molar-refractivity contribution in [2.75, 3.05) is 26.8 Å². The Morgan fingerprint density at radius 3 is 3.07 bits per heavy atom. The van der Waals surface area contributed by atoms with Crippen LogP contribution in [-0.2, 0) is 9.47 Å². The van der Waals surface area contributed by atoms with Crippen LogP contribution in [0.4, 0.5) is 4.79 Å². The lowest BCUT2D eigenvalue weighted by atomic mass is 10.1. The van der Waals surface area contributed by atoms with Gasteiger partial charge < -0.3 is 14.4 Å². The lowest BCUT2D eigenvalue weighted by Gasteiger charge is -2.14. The smallest absolute Gasteiger partial charge is 0.409 e. The van der Waals surface area contributed by atoms with E-state index < -0.39 is 0 Å². The summed E-state index contributed by atoms with van der Waals surface area (Å²) in [6.45, 7) is 3.76. The van der Waals surface area contributed by atoms with Crippen molar-refractivity contribution in [1.29, 1.82) is 0 Å². The van der Waals surface area contributed by atoms with Gasteiger partial charge in [-0.2, -0.15) is 0 Å². The average Bonchev–Trinajstić information content (AvgIpc) is 2.63. The van der Waals surface area contributed by atoms with Crippen LogP contribution in [0.1, 0.15) is 13.3 Å². The minimum Gasteiger partial charge on any atom is -0.505 e. The molecule has 0 radical (unpaired) electrons. The van der Waals surface area contributed by atoms with E-state index in [1.54, 1.807) is 18.3 Å². The quantitative estimate of drug-likeness (QED) is 0.648. The van der Waals surface area contributed by atoms with Crippen molar-refractivity contribution < 1.29 is 14.3 Å². The number of amides is 1. The topological polar surface area (TPSA) is 38.8 Å². The predicted molar refractivity (Wildman–Crippen MR) is 52.9 cm³/mol. The van der Waals surface area contributed by atoms with Crippen LogP contribution in [0.25, 0.3) is 0 Å². The standard InChI is InChI=1S/C10H17NO3/c1-3-14-10(12)11-6-4-9(8-11)5-7-13-2/h5,7,9H,3-4,6,8H2,1-2H3. The van der Waals surface area contributed by atoms with Crippen LogP contribution < -0.4 is 0 Å². The molecule has 0 aromatic rings. The number of ether oxygens (including phenoxy) is 2. The molecule has 0 aliphatic carbocycles. The van der Waals surface area contributed by atoms with Crippen molar-refractivity contribution >= 4 is 6.09 Å². The van der Waals surface area contributed by atoms with Crippen LogP contribution in [0, 0.1) is 5.92 Å². The van der Waals surface area contributed by atoms with Gasteiger partial charge in [-0.25, -0.2) is 4.79 Å². The Labute approximate surface area is 84.5 Å². The van der Waals surface area contributed by atoms with Gasteiger partial charge in [0.05, 0.1) is 20.0 Å². The summed E-state index contributed by atoms with van der Waals surface area (Å²) in [5.74, 6) is 0.402. The summed E-state index contributed by atoms with van der Waals surface area (Å²) in [6, 6.07) is 0. The van der Waals surface area contributed by atoms with E-state index in [-0.39, 0.29) is 6.09 Å². The summed E-state index contributed by atoms with van der Waals surface area (Å²) in [5.41, 5.74) is 0. The van der Waals surface area contributed by atoms with Gasteiger partial charge in [0, 0.05) is 13.1 Å². The summed E-state index contributed by atoms with van der Waals surface area (Å²) in [5, 5.41) is 0. The summed E-state index contributed by atoms with van der Waals surface area (Å²) >= 11 is 0. The third-order valence-electron chi connectivity index (χ3n) is 2.24. The number of nitrogens with zero attached hydrogens (tertiary/aromatic N) is 1. The fourth-order valence-electron chi connectivity index (χ4n) is 1.51. The number of carbonyl (C=O) groups is 1. The normalized spacial score (nSPS) is 21.6. The molecule has 0 N–H and O–H groups in total. The van der Waals surface area contributed by atoms with Gasteiger partial charge in [0.25, 0.3) is 0 Å². The molecule has 1 aliphatic rings. The van der Waals surface area contributed by atoms with Gasteiger partial charge in [0.15, 0.2) is 0 Å². The van der Waals surface area contributed by atoms with E-state index in [9.17, 15) is 4.79 Å². The molecule has 1 atom stereocenters. The molecule has 1 fully saturated rings. The van der Waals surface area contributed by atoms with E-state index >= 15 is 0 Å². The molecule has 80 valence electrons. The number of carbonyl (C=O) groups excluding carboxylic acids is 1. The number of rotatable bonds is 3. The third-order valence-corrected chi connectivity index (χ3v) is 2.24. The minimum absolute atomic E-state index is 0.208. The molecule has 0 saturated carbocycles. The number of likely N-dealkylation sites (tertiary alicyclic amines) is 1. The molecule has 0 spiro atoms. The van der Waals surface area contributed by atoms with E-state index in [1.165, 1.54) is 0 Å². The fourth-order valence-corrected chi connectivity index (χ4v) is 1.51. The summed E-state index contributed by atoms with van der Waals surface area (Å²) in [7, 11) is 1.62. The molecule has 1 aliphatic heterocycles. The predicted octanol–water partition coefficient (Wildman–Crippen LogP) is 1.62. The Morgan fingerprint density at radius 2 is 2.43 bits per heavy atom. The van der Waals surface area contributed by atoms with E-state index in [4.69, 9.17) is 9.47 Å². The molecule has 0 aromatic carbocycles. The van der Waals surface area contributed by atoms with Gasteiger partial charge in [-0.05, 0) is 25.3 Å². The molecular weight excluding hydrogens is 182 g/mol. The Bertz CT molecular complexity index is 215. The molecule has 4 heteroatoms. The van der Waals surface area contributed by atoms with Gasteiger partial charge in [-0.15, -0.1) is 0 Å².